The Hall–Kier alpha value is -2.12. The summed E-state index contributed by atoms with van der Waals surface area (Å²) in [4.78, 5) is 32.5. The molecule has 140 valence electrons. The van der Waals surface area contributed by atoms with Crippen molar-refractivity contribution >= 4 is 17.5 Å². The number of pyridine rings is 1. The van der Waals surface area contributed by atoms with Crippen LogP contribution in [0.1, 0.15) is 31.7 Å². The van der Waals surface area contributed by atoms with Crippen molar-refractivity contribution in [2.75, 3.05) is 24.5 Å². The first-order valence-electron chi connectivity index (χ1n) is 8.83. The number of halogens is 3. The lowest BCUT2D eigenvalue weighted by atomic mass is 9.74. The molecule has 2 saturated heterocycles. The zero-order valence-corrected chi connectivity index (χ0v) is 14.4. The molecule has 0 radical (unpaired) electrons. The Labute approximate surface area is 149 Å². The Bertz CT molecular complexity index is 766. The zero-order chi connectivity index (χ0) is 18.7. The third kappa shape index (κ3) is 2.49. The molecule has 0 aromatic carbocycles. The van der Waals surface area contributed by atoms with Gasteiger partial charge in [-0.2, -0.15) is 13.2 Å². The van der Waals surface area contributed by atoms with Crippen molar-refractivity contribution in [3.63, 3.8) is 0 Å². The number of hydrogen-bond donors (Lipinski definition) is 0. The molecule has 0 N–H and O–H groups in total. The smallest absolute Gasteiger partial charge is 0.353 e. The quantitative estimate of drug-likeness (QED) is 0.765. The van der Waals surface area contributed by atoms with Crippen molar-refractivity contribution in [3.8, 4) is 0 Å². The molecule has 3 aliphatic rings. The molecule has 2 unspecified atom stereocenters. The first-order valence-corrected chi connectivity index (χ1v) is 8.83. The second-order valence-corrected chi connectivity index (χ2v) is 7.57. The van der Waals surface area contributed by atoms with Crippen LogP contribution in [0, 0.1) is 11.3 Å². The van der Waals surface area contributed by atoms with E-state index in [1.54, 1.807) is 0 Å². The Morgan fingerprint density at radius 2 is 2.04 bits per heavy atom. The number of rotatable bonds is 1. The van der Waals surface area contributed by atoms with Gasteiger partial charge < -0.3 is 9.80 Å². The van der Waals surface area contributed by atoms with E-state index >= 15 is 0 Å². The summed E-state index contributed by atoms with van der Waals surface area (Å²) < 4.78 is 38.9. The van der Waals surface area contributed by atoms with E-state index in [-0.39, 0.29) is 29.5 Å². The van der Waals surface area contributed by atoms with Gasteiger partial charge in [-0.3, -0.25) is 9.59 Å². The van der Waals surface area contributed by atoms with Crippen LogP contribution in [-0.2, 0) is 15.8 Å². The minimum absolute atomic E-state index is 0.00458. The topological polar surface area (TPSA) is 53.5 Å². The molecule has 1 spiro atoms. The van der Waals surface area contributed by atoms with E-state index in [0.29, 0.717) is 38.9 Å². The van der Waals surface area contributed by atoms with Crippen molar-refractivity contribution in [1.82, 2.24) is 9.88 Å². The van der Waals surface area contributed by atoms with Gasteiger partial charge in [-0.1, -0.05) is 6.92 Å². The SMILES string of the molecule is CC1C2CN(c3cc(C(F)(F)F)ccn3)CCN2C(=O)[C@]12CCC(=O)C2. The highest BCUT2D eigenvalue weighted by atomic mass is 19.4. The van der Waals surface area contributed by atoms with Crippen LogP contribution in [0.5, 0.6) is 0 Å². The summed E-state index contributed by atoms with van der Waals surface area (Å²) in [6.45, 7) is 3.32. The van der Waals surface area contributed by atoms with Gasteiger partial charge in [0.15, 0.2) is 0 Å². The third-order valence-corrected chi connectivity index (χ3v) is 6.31. The predicted octanol–water partition coefficient (Wildman–Crippen LogP) is 2.51. The van der Waals surface area contributed by atoms with Crippen LogP contribution in [0.4, 0.5) is 19.0 Å². The number of amides is 1. The maximum atomic E-state index is 13.0. The highest BCUT2D eigenvalue weighted by Gasteiger charge is 2.60. The summed E-state index contributed by atoms with van der Waals surface area (Å²) in [6.07, 6.45) is -1.92. The predicted molar refractivity (Wildman–Crippen MR) is 87.4 cm³/mol. The fourth-order valence-corrected chi connectivity index (χ4v) is 4.78. The number of aromatic nitrogens is 1. The molecule has 8 heteroatoms. The number of carbonyl (C=O) groups is 2. The van der Waals surface area contributed by atoms with E-state index in [0.717, 1.165) is 12.1 Å². The number of ketones is 1. The number of nitrogens with zero attached hydrogens (tertiary/aromatic N) is 3. The van der Waals surface area contributed by atoms with Crippen LogP contribution in [0.15, 0.2) is 18.3 Å². The molecular formula is C18H20F3N3O2. The van der Waals surface area contributed by atoms with E-state index in [1.807, 2.05) is 16.7 Å². The molecule has 0 bridgehead atoms. The van der Waals surface area contributed by atoms with Crippen molar-refractivity contribution in [1.29, 1.82) is 0 Å². The van der Waals surface area contributed by atoms with Crippen LogP contribution in [0.2, 0.25) is 0 Å². The lowest BCUT2D eigenvalue weighted by Gasteiger charge is -2.39. The molecule has 4 rings (SSSR count). The number of alkyl halides is 3. The summed E-state index contributed by atoms with van der Waals surface area (Å²) in [6, 6.07) is 1.92. The maximum absolute atomic E-state index is 13.0. The number of Topliss-reactive ketones (excluding diaryl/α,β-unsaturated/α-hetero) is 1. The van der Waals surface area contributed by atoms with Gasteiger partial charge in [0, 0.05) is 38.7 Å². The summed E-state index contributed by atoms with van der Waals surface area (Å²) in [7, 11) is 0. The van der Waals surface area contributed by atoms with E-state index in [4.69, 9.17) is 0 Å². The Balaban J connectivity index is 1.59. The van der Waals surface area contributed by atoms with Gasteiger partial charge >= 0.3 is 6.18 Å². The van der Waals surface area contributed by atoms with Gasteiger partial charge in [0.25, 0.3) is 0 Å². The maximum Gasteiger partial charge on any atom is 0.416 e. The van der Waals surface area contributed by atoms with Crippen LogP contribution >= 0.6 is 0 Å². The number of carbonyl (C=O) groups excluding carboxylic acids is 2. The number of fused-ring (bicyclic) bond motifs is 1. The fourth-order valence-electron chi connectivity index (χ4n) is 4.78. The molecule has 3 atom stereocenters. The largest absolute Gasteiger partial charge is 0.416 e. The number of piperazine rings is 1. The normalized spacial score (nSPS) is 31.8. The summed E-state index contributed by atoms with van der Waals surface area (Å²) in [5, 5.41) is 0. The Kier molecular flexibility index (Phi) is 3.79. The third-order valence-electron chi connectivity index (χ3n) is 6.31. The van der Waals surface area contributed by atoms with Gasteiger partial charge in [-0.25, -0.2) is 4.98 Å². The van der Waals surface area contributed by atoms with Crippen LogP contribution in [0.25, 0.3) is 0 Å². The van der Waals surface area contributed by atoms with Crippen LogP contribution < -0.4 is 4.90 Å². The molecule has 3 fully saturated rings. The van der Waals surface area contributed by atoms with Crippen molar-refractivity contribution in [2.24, 2.45) is 11.3 Å². The van der Waals surface area contributed by atoms with Crippen LogP contribution in [0.3, 0.4) is 0 Å². The number of anilines is 1. The molecule has 26 heavy (non-hydrogen) atoms. The molecule has 1 amide bonds. The van der Waals surface area contributed by atoms with E-state index in [9.17, 15) is 22.8 Å². The Morgan fingerprint density at radius 3 is 2.69 bits per heavy atom. The first kappa shape index (κ1) is 17.3. The van der Waals surface area contributed by atoms with Crippen molar-refractivity contribution < 1.29 is 22.8 Å². The van der Waals surface area contributed by atoms with E-state index in [2.05, 4.69) is 4.98 Å². The minimum Gasteiger partial charge on any atom is -0.353 e. The van der Waals surface area contributed by atoms with Gasteiger partial charge in [-0.05, 0) is 24.5 Å². The molecule has 1 saturated carbocycles. The number of hydrogen-bond acceptors (Lipinski definition) is 4. The standard InChI is InChI=1S/C18H20F3N3O2/c1-11-14-10-23(15-8-12(3-5-22-15)18(19,20)21)6-7-24(14)16(26)17(11)4-2-13(25)9-17/h3,5,8,11,14H,2,4,6-7,9-10H2,1H3/t11?,14?,17-/m0/s1. The lowest BCUT2D eigenvalue weighted by Crippen LogP contribution is -2.53. The lowest BCUT2D eigenvalue weighted by molar-refractivity contribution is -0.138. The van der Waals surface area contributed by atoms with Crippen molar-refractivity contribution in [3.05, 3.63) is 23.9 Å². The average Bonchev–Trinajstić information content (AvgIpc) is 3.10. The zero-order valence-electron chi connectivity index (χ0n) is 14.4. The van der Waals surface area contributed by atoms with E-state index < -0.39 is 17.2 Å². The summed E-state index contributed by atoms with van der Waals surface area (Å²) >= 11 is 0. The van der Waals surface area contributed by atoms with Crippen LogP contribution in [-0.4, -0.2) is 47.3 Å². The molecular weight excluding hydrogens is 347 g/mol. The first-order chi connectivity index (χ1) is 12.2. The monoisotopic (exact) mass is 367 g/mol. The second kappa shape index (κ2) is 5.69. The fraction of sp³-hybridized carbons (Fsp3) is 0.611. The molecule has 5 nitrogen and oxygen atoms in total. The van der Waals surface area contributed by atoms with Gasteiger partial charge in [-0.15, -0.1) is 0 Å². The Morgan fingerprint density at radius 1 is 1.27 bits per heavy atom. The molecule has 1 aromatic heterocycles. The summed E-state index contributed by atoms with van der Waals surface area (Å²) in [5.74, 6) is 0.441. The second-order valence-electron chi connectivity index (χ2n) is 7.57. The molecule has 1 aliphatic carbocycles. The molecule has 3 heterocycles. The van der Waals surface area contributed by atoms with Gasteiger partial charge in [0.05, 0.1) is 17.0 Å². The van der Waals surface area contributed by atoms with E-state index in [1.165, 1.54) is 6.20 Å². The minimum atomic E-state index is -4.41. The van der Waals surface area contributed by atoms with Gasteiger partial charge in [0.2, 0.25) is 5.91 Å². The average molecular weight is 367 g/mol. The van der Waals surface area contributed by atoms with Gasteiger partial charge in [0.1, 0.15) is 11.6 Å². The van der Waals surface area contributed by atoms with Crippen molar-refractivity contribution in [2.45, 2.75) is 38.4 Å². The molecule has 1 aromatic rings. The summed E-state index contributed by atoms with van der Waals surface area (Å²) in [5.41, 5.74) is -1.34. The highest BCUT2D eigenvalue weighted by molar-refractivity contribution is 5.95. The molecule has 2 aliphatic heterocycles. The highest BCUT2D eigenvalue weighted by Crippen LogP contribution is 2.52.